The van der Waals surface area contributed by atoms with Crippen LogP contribution in [0.5, 0.6) is 0 Å². The van der Waals surface area contributed by atoms with Crippen LogP contribution >= 0.6 is 11.3 Å². The fraction of sp³-hybridized carbons (Fsp3) is 0.350. The molecular formula is C20H19FN4O4S. The standard InChI is InChI=1S/C20H19FN4O4S/c21-14-3-1-12(2-4-14)10-22-15-5-7-20(19(26)27,16(9-15)25(28)29)18-23-11-13-6-8-30-17(13)24-18/h1-4,6,8,11,15-16,22H,5,7,9-10H2,(H,26,27). The van der Waals surface area contributed by atoms with Crippen molar-refractivity contribution in [3.8, 4) is 0 Å². The molecule has 0 aliphatic heterocycles. The molecule has 2 N–H and O–H groups in total. The van der Waals surface area contributed by atoms with Crippen molar-refractivity contribution in [1.29, 1.82) is 0 Å². The lowest BCUT2D eigenvalue weighted by molar-refractivity contribution is -0.537. The molecular weight excluding hydrogens is 411 g/mol. The van der Waals surface area contributed by atoms with Gasteiger partial charge in [0.25, 0.3) is 0 Å². The number of aromatic nitrogens is 2. The summed E-state index contributed by atoms with van der Waals surface area (Å²) in [7, 11) is 0. The fourth-order valence-corrected chi connectivity index (χ4v) is 4.79. The van der Waals surface area contributed by atoms with Gasteiger partial charge in [-0.05, 0) is 42.0 Å². The summed E-state index contributed by atoms with van der Waals surface area (Å²) in [6.45, 7) is 0.410. The van der Waals surface area contributed by atoms with Gasteiger partial charge < -0.3 is 10.4 Å². The average Bonchev–Trinajstić information content (AvgIpc) is 3.21. The molecule has 1 aromatic carbocycles. The molecule has 3 aromatic rings. The molecule has 10 heteroatoms. The zero-order chi connectivity index (χ0) is 21.3. The number of carbonyl (C=O) groups is 1. The number of carboxylic acid groups (broad SMARTS) is 1. The summed E-state index contributed by atoms with van der Waals surface area (Å²) in [6, 6.07) is 6.19. The lowest BCUT2D eigenvalue weighted by Crippen LogP contribution is -2.57. The van der Waals surface area contributed by atoms with E-state index in [1.165, 1.54) is 29.7 Å². The minimum absolute atomic E-state index is 0.0105. The third-order valence-corrected chi connectivity index (χ3v) is 6.54. The number of carboxylic acids is 1. The van der Waals surface area contributed by atoms with Gasteiger partial charge in [-0.1, -0.05) is 12.1 Å². The summed E-state index contributed by atoms with van der Waals surface area (Å²) in [5.41, 5.74) is -0.939. The molecule has 2 heterocycles. The molecule has 2 aromatic heterocycles. The second-order valence-corrected chi connectivity index (χ2v) is 8.33. The number of aliphatic carboxylic acids is 1. The number of nitrogens with zero attached hydrogens (tertiary/aromatic N) is 3. The number of hydrogen-bond acceptors (Lipinski definition) is 7. The Morgan fingerprint density at radius 1 is 1.37 bits per heavy atom. The number of benzene rings is 1. The minimum atomic E-state index is -1.78. The molecule has 156 valence electrons. The predicted molar refractivity (Wildman–Crippen MR) is 108 cm³/mol. The van der Waals surface area contributed by atoms with Gasteiger partial charge in [0.05, 0.1) is 0 Å². The summed E-state index contributed by atoms with van der Waals surface area (Å²) >= 11 is 1.34. The van der Waals surface area contributed by atoms with Gasteiger partial charge in [-0.25, -0.2) is 14.4 Å². The Hall–Kier alpha value is -2.98. The summed E-state index contributed by atoms with van der Waals surface area (Å²) < 4.78 is 13.1. The Bertz CT molecular complexity index is 1090. The Morgan fingerprint density at radius 2 is 2.13 bits per heavy atom. The molecule has 1 aliphatic rings. The predicted octanol–water partition coefficient (Wildman–Crippen LogP) is 3.14. The summed E-state index contributed by atoms with van der Waals surface area (Å²) in [5.74, 6) is -1.63. The van der Waals surface area contributed by atoms with E-state index in [1.54, 1.807) is 12.1 Å². The SMILES string of the molecule is O=C(O)C1(c2ncc3ccsc3n2)CCC(NCc2ccc(F)cc2)CC1[N+](=O)[O-]. The zero-order valence-electron chi connectivity index (χ0n) is 15.8. The van der Waals surface area contributed by atoms with Gasteiger partial charge in [0.15, 0.2) is 11.2 Å². The van der Waals surface area contributed by atoms with E-state index in [4.69, 9.17) is 0 Å². The smallest absolute Gasteiger partial charge is 0.324 e. The first-order valence-electron chi connectivity index (χ1n) is 9.45. The van der Waals surface area contributed by atoms with Crippen LogP contribution in [0.25, 0.3) is 10.2 Å². The normalized spacial score (nSPS) is 24.0. The van der Waals surface area contributed by atoms with Crippen LogP contribution in [0.3, 0.4) is 0 Å². The zero-order valence-corrected chi connectivity index (χ0v) is 16.6. The first-order valence-corrected chi connectivity index (χ1v) is 10.3. The molecule has 0 saturated heterocycles. The van der Waals surface area contributed by atoms with E-state index in [1.807, 2.05) is 11.4 Å². The van der Waals surface area contributed by atoms with Crippen LogP contribution in [0.2, 0.25) is 0 Å². The van der Waals surface area contributed by atoms with Crippen molar-refractivity contribution in [1.82, 2.24) is 15.3 Å². The van der Waals surface area contributed by atoms with Crippen molar-refractivity contribution in [2.75, 3.05) is 0 Å². The van der Waals surface area contributed by atoms with Crippen molar-refractivity contribution in [3.63, 3.8) is 0 Å². The van der Waals surface area contributed by atoms with E-state index in [0.29, 0.717) is 17.8 Å². The second kappa shape index (κ2) is 8.04. The minimum Gasteiger partial charge on any atom is -0.480 e. The number of rotatable bonds is 6. The summed E-state index contributed by atoms with van der Waals surface area (Å²) in [4.78, 5) is 33.0. The van der Waals surface area contributed by atoms with Crippen LogP contribution < -0.4 is 5.32 Å². The van der Waals surface area contributed by atoms with Crippen LogP contribution in [0.4, 0.5) is 4.39 Å². The average molecular weight is 430 g/mol. The molecule has 4 rings (SSSR count). The largest absolute Gasteiger partial charge is 0.480 e. The highest BCUT2D eigenvalue weighted by Gasteiger charge is 2.59. The lowest BCUT2D eigenvalue weighted by atomic mass is 9.68. The number of nitro groups is 1. The van der Waals surface area contributed by atoms with E-state index < -0.39 is 22.3 Å². The maximum Gasteiger partial charge on any atom is 0.324 e. The van der Waals surface area contributed by atoms with Crippen LogP contribution in [-0.4, -0.2) is 38.1 Å². The van der Waals surface area contributed by atoms with E-state index in [0.717, 1.165) is 10.9 Å². The van der Waals surface area contributed by atoms with E-state index in [2.05, 4.69) is 15.3 Å². The Morgan fingerprint density at radius 3 is 2.83 bits per heavy atom. The number of hydrogen-bond donors (Lipinski definition) is 2. The molecule has 0 radical (unpaired) electrons. The van der Waals surface area contributed by atoms with E-state index >= 15 is 0 Å². The monoisotopic (exact) mass is 430 g/mol. The summed E-state index contributed by atoms with van der Waals surface area (Å²) in [6.07, 6.45) is 2.02. The highest BCUT2D eigenvalue weighted by molar-refractivity contribution is 7.16. The van der Waals surface area contributed by atoms with Gasteiger partial charge in [0, 0.05) is 35.5 Å². The van der Waals surface area contributed by atoms with Crippen molar-refractivity contribution in [3.05, 3.63) is 69.2 Å². The topological polar surface area (TPSA) is 118 Å². The second-order valence-electron chi connectivity index (χ2n) is 7.43. The van der Waals surface area contributed by atoms with Crippen molar-refractivity contribution < 1.29 is 19.2 Å². The molecule has 1 fully saturated rings. The molecule has 3 atom stereocenters. The number of fused-ring (bicyclic) bond motifs is 1. The van der Waals surface area contributed by atoms with Crippen LogP contribution in [0, 0.1) is 15.9 Å². The molecule has 0 amide bonds. The van der Waals surface area contributed by atoms with Gasteiger partial charge >= 0.3 is 5.97 Å². The molecule has 1 aliphatic carbocycles. The maximum absolute atomic E-state index is 13.1. The van der Waals surface area contributed by atoms with Crippen molar-refractivity contribution in [2.45, 2.75) is 43.3 Å². The molecule has 3 unspecified atom stereocenters. The van der Waals surface area contributed by atoms with Crippen molar-refractivity contribution in [2.24, 2.45) is 0 Å². The maximum atomic E-state index is 13.1. The quantitative estimate of drug-likeness (QED) is 0.455. The van der Waals surface area contributed by atoms with Gasteiger partial charge in [-0.2, -0.15) is 0 Å². The highest BCUT2D eigenvalue weighted by atomic mass is 32.1. The third-order valence-electron chi connectivity index (χ3n) is 5.71. The van der Waals surface area contributed by atoms with Crippen LogP contribution in [-0.2, 0) is 16.8 Å². The molecule has 8 nitrogen and oxygen atoms in total. The van der Waals surface area contributed by atoms with Gasteiger partial charge in [-0.3, -0.25) is 14.9 Å². The molecule has 30 heavy (non-hydrogen) atoms. The van der Waals surface area contributed by atoms with E-state index in [-0.39, 0.29) is 30.5 Å². The number of nitrogens with one attached hydrogen (secondary N) is 1. The summed E-state index contributed by atoms with van der Waals surface area (Å²) in [5, 5.41) is 27.8. The Labute approximate surface area is 174 Å². The fourth-order valence-electron chi connectivity index (χ4n) is 4.05. The lowest BCUT2D eigenvalue weighted by Gasteiger charge is -2.37. The molecule has 1 saturated carbocycles. The number of halogens is 1. The van der Waals surface area contributed by atoms with Gasteiger partial charge in [0.2, 0.25) is 6.04 Å². The molecule has 0 spiro atoms. The molecule has 0 bridgehead atoms. The first-order chi connectivity index (χ1) is 14.4. The van der Waals surface area contributed by atoms with Crippen LogP contribution in [0.15, 0.2) is 41.9 Å². The first kappa shape index (κ1) is 20.3. The van der Waals surface area contributed by atoms with Crippen molar-refractivity contribution >= 4 is 27.5 Å². The van der Waals surface area contributed by atoms with E-state index in [9.17, 15) is 24.4 Å². The Balaban J connectivity index is 1.59. The van der Waals surface area contributed by atoms with Gasteiger partial charge in [-0.15, -0.1) is 11.3 Å². The third kappa shape index (κ3) is 3.63. The number of thiophene rings is 1. The highest BCUT2D eigenvalue weighted by Crippen LogP contribution is 2.40. The van der Waals surface area contributed by atoms with Crippen LogP contribution in [0.1, 0.15) is 30.7 Å². The Kier molecular flexibility index (Phi) is 5.44. The van der Waals surface area contributed by atoms with Gasteiger partial charge in [0.1, 0.15) is 10.6 Å².